The molecule has 1 aromatic carbocycles. The van der Waals surface area contributed by atoms with Crippen molar-refractivity contribution >= 4 is 0 Å². The highest BCUT2D eigenvalue weighted by atomic mass is 19.2. The maximum atomic E-state index is 13.6. The highest BCUT2D eigenvalue weighted by Gasteiger charge is 2.34. The molecule has 1 heterocycles. The molecule has 0 aliphatic carbocycles. The van der Waals surface area contributed by atoms with E-state index < -0.39 is 17.7 Å². The summed E-state index contributed by atoms with van der Waals surface area (Å²) >= 11 is 0. The number of halogens is 2. The lowest BCUT2D eigenvalue weighted by Crippen LogP contribution is -2.23. The summed E-state index contributed by atoms with van der Waals surface area (Å²) in [4.78, 5) is 0. The van der Waals surface area contributed by atoms with E-state index in [1.807, 2.05) is 6.92 Å². The van der Waals surface area contributed by atoms with Gasteiger partial charge in [0.25, 0.3) is 0 Å². The second-order valence-corrected chi connectivity index (χ2v) is 4.36. The minimum atomic E-state index is -1.00. The topological polar surface area (TPSA) is 29.5 Å². The van der Waals surface area contributed by atoms with Gasteiger partial charge in [-0.15, -0.1) is 0 Å². The van der Waals surface area contributed by atoms with Crippen LogP contribution in [-0.4, -0.2) is 17.8 Å². The SMILES string of the molecule is CCC1OCCC1C(O)c1cccc(F)c1F. The molecule has 4 heteroatoms. The van der Waals surface area contributed by atoms with E-state index in [9.17, 15) is 13.9 Å². The van der Waals surface area contributed by atoms with Gasteiger partial charge in [0.15, 0.2) is 11.6 Å². The Morgan fingerprint density at radius 1 is 1.47 bits per heavy atom. The average molecular weight is 242 g/mol. The number of aliphatic hydroxyl groups excluding tert-OH is 1. The quantitative estimate of drug-likeness (QED) is 0.883. The van der Waals surface area contributed by atoms with E-state index >= 15 is 0 Å². The van der Waals surface area contributed by atoms with Gasteiger partial charge in [-0.3, -0.25) is 0 Å². The van der Waals surface area contributed by atoms with Crippen LogP contribution in [0.4, 0.5) is 8.78 Å². The number of rotatable bonds is 3. The Morgan fingerprint density at radius 3 is 2.94 bits per heavy atom. The monoisotopic (exact) mass is 242 g/mol. The predicted octanol–water partition coefficient (Wildman–Crippen LogP) is 2.81. The van der Waals surface area contributed by atoms with Crippen LogP contribution in [0.3, 0.4) is 0 Å². The first-order valence-corrected chi connectivity index (χ1v) is 5.88. The van der Waals surface area contributed by atoms with Gasteiger partial charge in [0.1, 0.15) is 0 Å². The zero-order valence-electron chi connectivity index (χ0n) is 9.70. The smallest absolute Gasteiger partial charge is 0.164 e. The van der Waals surface area contributed by atoms with Crippen LogP contribution in [0.2, 0.25) is 0 Å². The van der Waals surface area contributed by atoms with Crippen LogP contribution >= 0.6 is 0 Å². The number of hydrogen-bond acceptors (Lipinski definition) is 2. The molecule has 1 N–H and O–H groups in total. The summed E-state index contributed by atoms with van der Waals surface area (Å²) in [5.41, 5.74) is 0.0268. The van der Waals surface area contributed by atoms with Crippen LogP contribution in [0.1, 0.15) is 31.4 Å². The molecule has 0 spiro atoms. The molecule has 3 atom stereocenters. The predicted molar refractivity (Wildman–Crippen MR) is 59.5 cm³/mol. The van der Waals surface area contributed by atoms with E-state index in [-0.39, 0.29) is 17.6 Å². The Labute approximate surface area is 99.2 Å². The van der Waals surface area contributed by atoms with Crippen molar-refractivity contribution in [3.8, 4) is 0 Å². The standard InChI is InChI=1S/C13H16F2O2/c1-2-11-8(6-7-17-11)13(16)9-4-3-5-10(14)12(9)15/h3-5,8,11,13,16H,2,6-7H2,1H3. The van der Waals surface area contributed by atoms with Gasteiger partial charge in [-0.2, -0.15) is 0 Å². The van der Waals surface area contributed by atoms with Crippen molar-refractivity contribution in [3.63, 3.8) is 0 Å². The summed E-state index contributed by atoms with van der Waals surface area (Å²) in [6.07, 6.45) is 0.361. The summed E-state index contributed by atoms with van der Waals surface area (Å²) in [6, 6.07) is 3.88. The van der Waals surface area contributed by atoms with Crippen LogP contribution < -0.4 is 0 Å². The largest absolute Gasteiger partial charge is 0.388 e. The number of ether oxygens (including phenoxy) is 1. The molecule has 0 amide bonds. The molecule has 1 aromatic rings. The minimum absolute atomic E-state index is 0.0268. The zero-order valence-corrected chi connectivity index (χ0v) is 9.70. The lowest BCUT2D eigenvalue weighted by molar-refractivity contribution is 0.0290. The van der Waals surface area contributed by atoms with Crippen LogP contribution in [0.15, 0.2) is 18.2 Å². The van der Waals surface area contributed by atoms with Crippen LogP contribution in [0.5, 0.6) is 0 Å². The Hall–Kier alpha value is -1.00. The number of benzene rings is 1. The Bertz CT molecular complexity index is 395. The van der Waals surface area contributed by atoms with E-state index in [1.54, 1.807) is 0 Å². The maximum absolute atomic E-state index is 13.6. The highest BCUT2D eigenvalue weighted by Crippen LogP contribution is 2.35. The number of hydrogen-bond donors (Lipinski definition) is 1. The first kappa shape index (κ1) is 12.5. The lowest BCUT2D eigenvalue weighted by atomic mass is 9.89. The zero-order chi connectivity index (χ0) is 12.4. The fourth-order valence-electron chi connectivity index (χ4n) is 2.43. The van der Waals surface area contributed by atoms with Crippen molar-refractivity contribution in [3.05, 3.63) is 35.4 Å². The molecule has 17 heavy (non-hydrogen) atoms. The average Bonchev–Trinajstić information content (AvgIpc) is 2.80. The van der Waals surface area contributed by atoms with E-state index in [1.165, 1.54) is 12.1 Å². The van der Waals surface area contributed by atoms with Crippen molar-refractivity contribution in [1.82, 2.24) is 0 Å². The van der Waals surface area contributed by atoms with Crippen molar-refractivity contribution in [2.45, 2.75) is 32.0 Å². The molecule has 0 radical (unpaired) electrons. The van der Waals surface area contributed by atoms with Gasteiger partial charge in [-0.1, -0.05) is 19.1 Å². The fraction of sp³-hybridized carbons (Fsp3) is 0.538. The van der Waals surface area contributed by atoms with Gasteiger partial charge in [-0.05, 0) is 18.9 Å². The minimum Gasteiger partial charge on any atom is -0.388 e. The third-order valence-corrected chi connectivity index (χ3v) is 3.37. The molecular weight excluding hydrogens is 226 g/mol. The van der Waals surface area contributed by atoms with Crippen LogP contribution in [0.25, 0.3) is 0 Å². The van der Waals surface area contributed by atoms with Crippen molar-refractivity contribution < 1.29 is 18.6 Å². The molecule has 94 valence electrons. The number of aliphatic hydroxyl groups is 1. The van der Waals surface area contributed by atoms with Gasteiger partial charge in [0.05, 0.1) is 12.2 Å². The Balaban J connectivity index is 2.24. The van der Waals surface area contributed by atoms with E-state index in [4.69, 9.17) is 4.74 Å². The summed E-state index contributed by atoms with van der Waals surface area (Å²) in [5, 5.41) is 10.1. The van der Waals surface area contributed by atoms with E-state index in [0.29, 0.717) is 13.0 Å². The lowest BCUT2D eigenvalue weighted by Gasteiger charge is -2.23. The summed E-state index contributed by atoms with van der Waals surface area (Å²) in [5.74, 6) is -2.04. The highest BCUT2D eigenvalue weighted by molar-refractivity contribution is 5.22. The third kappa shape index (κ3) is 2.33. The molecule has 0 bridgehead atoms. The molecule has 0 saturated carbocycles. The van der Waals surface area contributed by atoms with Crippen LogP contribution in [0, 0.1) is 17.6 Å². The van der Waals surface area contributed by atoms with Gasteiger partial charge in [0.2, 0.25) is 0 Å². The molecule has 3 unspecified atom stereocenters. The molecule has 1 saturated heterocycles. The first-order valence-electron chi connectivity index (χ1n) is 5.88. The van der Waals surface area contributed by atoms with Crippen molar-refractivity contribution in [2.75, 3.05) is 6.61 Å². The summed E-state index contributed by atoms with van der Waals surface area (Å²) < 4.78 is 32.1. The third-order valence-electron chi connectivity index (χ3n) is 3.37. The van der Waals surface area contributed by atoms with Gasteiger partial charge in [-0.25, -0.2) is 8.78 Å². The Kier molecular flexibility index (Phi) is 3.74. The summed E-state index contributed by atoms with van der Waals surface area (Å²) in [7, 11) is 0. The van der Waals surface area contributed by atoms with Crippen molar-refractivity contribution in [2.24, 2.45) is 5.92 Å². The van der Waals surface area contributed by atoms with Gasteiger partial charge in [0, 0.05) is 18.1 Å². The van der Waals surface area contributed by atoms with Crippen molar-refractivity contribution in [1.29, 1.82) is 0 Å². The fourth-order valence-corrected chi connectivity index (χ4v) is 2.43. The second kappa shape index (κ2) is 5.10. The molecular formula is C13H16F2O2. The van der Waals surface area contributed by atoms with E-state index in [0.717, 1.165) is 12.5 Å². The van der Waals surface area contributed by atoms with Gasteiger partial charge < -0.3 is 9.84 Å². The molecule has 2 nitrogen and oxygen atoms in total. The van der Waals surface area contributed by atoms with Crippen LogP contribution in [-0.2, 0) is 4.74 Å². The normalized spacial score (nSPS) is 26.1. The summed E-state index contributed by atoms with van der Waals surface area (Å²) in [6.45, 7) is 2.52. The van der Waals surface area contributed by atoms with E-state index in [2.05, 4.69) is 0 Å². The second-order valence-electron chi connectivity index (χ2n) is 4.36. The first-order chi connectivity index (χ1) is 8.15. The van der Waals surface area contributed by atoms with Gasteiger partial charge >= 0.3 is 0 Å². The maximum Gasteiger partial charge on any atom is 0.164 e. The molecule has 2 rings (SSSR count). The molecule has 1 fully saturated rings. The molecule has 1 aliphatic rings. The molecule has 0 aromatic heterocycles. The Morgan fingerprint density at radius 2 is 2.24 bits per heavy atom. The molecule has 1 aliphatic heterocycles.